The molecular formula is C13H14O3. The largest absolute Gasteiger partial charge is 0.381 e. The van der Waals surface area contributed by atoms with Gasteiger partial charge < -0.3 is 4.74 Å². The van der Waals surface area contributed by atoms with Gasteiger partial charge in [-0.25, -0.2) is 0 Å². The summed E-state index contributed by atoms with van der Waals surface area (Å²) in [6.45, 7) is 1.03. The molecule has 0 spiro atoms. The number of hydrogen-bond acceptors (Lipinski definition) is 3. The first-order valence-corrected chi connectivity index (χ1v) is 5.81. The lowest BCUT2D eigenvalue weighted by atomic mass is 9.66. The van der Waals surface area contributed by atoms with Crippen LogP contribution in [0.1, 0.15) is 12.8 Å². The van der Waals surface area contributed by atoms with Gasteiger partial charge in [0.2, 0.25) is 0 Å². The fourth-order valence-corrected chi connectivity index (χ4v) is 2.96. The molecule has 3 unspecified atom stereocenters. The maximum Gasteiger partial charge on any atom is 0.165 e. The van der Waals surface area contributed by atoms with Gasteiger partial charge in [-0.05, 0) is 12.8 Å². The maximum atomic E-state index is 12.3. The second kappa shape index (κ2) is 3.67. The molecule has 0 bridgehead atoms. The zero-order valence-electron chi connectivity index (χ0n) is 9.02. The van der Waals surface area contributed by atoms with E-state index < -0.39 is 0 Å². The SMILES string of the molecule is O=C1C2=CC=CCC2C(=O)C2CCOCC12. The van der Waals surface area contributed by atoms with Crippen molar-refractivity contribution in [3.63, 3.8) is 0 Å². The Hall–Kier alpha value is -1.22. The Bertz CT molecular complexity index is 405. The number of carbonyl (C=O) groups excluding carboxylic acids is 2. The van der Waals surface area contributed by atoms with Gasteiger partial charge in [0, 0.05) is 24.0 Å². The van der Waals surface area contributed by atoms with Crippen LogP contribution in [0.15, 0.2) is 23.8 Å². The van der Waals surface area contributed by atoms with Crippen molar-refractivity contribution in [2.45, 2.75) is 12.8 Å². The second-order valence-corrected chi connectivity index (χ2v) is 4.68. The standard InChI is InChI=1S/C13H14O3/c14-12-8-3-1-2-4-9(8)13(15)11-7-16-6-5-10(11)12/h1-2,4,8,10-11H,3,5-7H2. The Balaban J connectivity index is 1.99. The van der Waals surface area contributed by atoms with Crippen LogP contribution >= 0.6 is 0 Å². The first-order chi connectivity index (χ1) is 7.79. The van der Waals surface area contributed by atoms with E-state index in [0.29, 0.717) is 31.6 Å². The molecule has 3 heteroatoms. The summed E-state index contributed by atoms with van der Waals surface area (Å²) in [6, 6.07) is 0. The Kier molecular flexibility index (Phi) is 2.28. The topological polar surface area (TPSA) is 43.4 Å². The molecule has 3 nitrogen and oxygen atoms in total. The van der Waals surface area contributed by atoms with Crippen LogP contribution in [0.25, 0.3) is 0 Å². The second-order valence-electron chi connectivity index (χ2n) is 4.68. The van der Waals surface area contributed by atoms with Crippen LogP contribution in [-0.4, -0.2) is 24.8 Å². The monoisotopic (exact) mass is 218 g/mol. The van der Waals surface area contributed by atoms with Crippen LogP contribution in [0.3, 0.4) is 0 Å². The number of allylic oxidation sites excluding steroid dienone is 4. The van der Waals surface area contributed by atoms with Crippen LogP contribution < -0.4 is 0 Å². The Morgan fingerprint density at radius 1 is 1.25 bits per heavy atom. The number of carbonyl (C=O) groups is 2. The summed E-state index contributed by atoms with van der Waals surface area (Å²) in [5, 5.41) is 0. The van der Waals surface area contributed by atoms with E-state index in [1.807, 2.05) is 12.2 Å². The lowest BCUT2D eigenvalue weighted by Gasteiger charge is -2.38. The molecule has 0 aromatic rings. The van der Waals surface area contributed by atoms with Crippen molar-refractivity contribution in [3.05, 3.63) is 23.8 Å². The van der Waals surface area contributed by atoms with Gasteiger partial charge in [0.05, 0.1) is 12.5 Å². The van der Waals surface area contributed by atoms with Gasteiger partial charge >= 0.3 is 0 Å². The highest BCUT2D eigenvalue weighted by Gasteiger charge is 2.47. The average molecular weight is 218 g/mol. The van der Waals surface area contributed by atoms with E-state index in [1.165, 1.54) is 0 Å². The van der Waals surface area contributed by atoms with Gasteiger partial charge in [-0.2, -0.15) is 0 Å². The number of Topliss-reactive ketones (excluding diaryl/α,β-unsaturated/α-hetero) is 2. The van der Waals surface area contributed by atoms with Crippen molar-refractivity contribution in [2.24, 2.45) is 17.8 Å². The number of ketones is 2. The molecule has 0 amide bonds. The zero-order valence-corrected chi connectivity index (χ0v) is 9.02. The predicted octanol–water partition coefficient (Wildman–Crippen LogP) is 1.29. The molecule has 1 saturated carbocycles. The first kappa shape index (κ1) is 9.97. The molecule has 0 radical (unpaired) electrons. The summed E-state index contributed by atoms with van der Waals surface area (Å²) >= 11 is 0. The summed E-state index contributed by atoms with van der Waals surface area (Å²) in [4.78, 5) is 24.5. The Labute approximate surface area is 94.2 Å². The summed E-state index contributed by atoms with van der Waals surface area (Å²) in [5.74, 6) is -0.0795. The smallest absolute Gasteiger partial charge is 0.165 e. The third-order valence-electron chi connectivity index (χ3n) is 3.85. The van der Waals surface area contributed by atoms with Gasteiger partial charge in [0.15, 0.2) is 5.78 Å². The number of fused-ring (bicyclic) bond motifs is 2. The molecule has 1 aliphatic heterocycles. The molecule has 3 rings (SSSR count). The highest BCUT2D eigenvalue weighted by Crippen LogP contribution is 2.39. The van der Waals surface area contributed by atoms with E-state index in [2.05, 4.69) is 0 Å². The van der Waals surface area contributed by atoms with Crippen molar-refractivity contribution in [1.29, 1.82) is 0 Å². The molecule has 0 aromatic carbocycles. The fourth-order valence-electron chi connectivity index (χ4n) is 2.96. The van der Waals surface area contributed by atoms with Gasteiger partial charge in [0.1, 0.15) is 5.78 Å². The van der Waals surface area contributed by atoms with Crippen molar-refractivity contribution < 1.29 is 14.3 Å². The molecule has 3 atom stereocenters. The number of rotatable bonds is 0. The third kappa shape index (κ3) is 1.31. The van der Waals surface area contributed by atoms with Gasteiger partial charge in [-0.3, -0.25) is 9.59 Å². The van der Waals surface area contributed by atoms with Gasteiger partial charge in [0.25, 0.3) is 0 Å². The first-order valence-electron chi connectivity index (χ1n) is 5.81. The fraction of sp³-hybridized carbons (Fsp3) is 0.538. The van der Waals surface area contributed by atoms with E-state index in [4.69, 9.17) is 4.74 Å². The lowest BCUT2D eigenvalue weighted by molar-refractivity contribution is -0.144. The molecule has 0 N–H and O–H groups in total. The number of ether oxygens (including phenoxy) is 1. The molecular weight excluding hydrogens is 204 g/mol. The van der Waals surface area contributed by atoms with Crippen LogP contribution in [0.5, 0.6) is 0 Å². The van der Waals surface area contributed by atoms with Crippen LogP contribution in [0.2, 0.25) is 0 Å². The van der Waals surface area contributed by atoms with Gasteiger partial charge in [-0.15, -0.1) is 0 Å². The zero-order chi connectivity index (χ0) is 11.1. The van der Waals surface area contributed by atoms with Crippen molar-refractivity contribution in [3.8, 4) is 0 Å². The molecule has 2 aliphatic carbocycles. The van der Waals surface area contributed by atoms with E-state index in [-0.39, 0.29) is 29.3 Å². The maximum absolute atomic E-state index is 12.3. The summed E-state index contributed by atoms with van der Waals surface area (Å²) < 4.78 is 5.32. The highest BCUT2D eigenvalue weighted by molar-refractivity contribution is 6.10. The predicted molar refractivity (Wildman–Crippen MR) is 57.8 cm³/mol. The van der Waals surface area contributed by atoms with Crippen LogP contribution in [0, 0.1) is 17.8 Å². The van der Waals surface area contributed by atoms with Crippen molar-refractivity contribution in [2.75, 3.05) is 13.2 Å². The minimum absolute atomic E-state index is 0.0881. The lowest BCUT2D eigenvalue weighted by Crippen LogP contribution is -2.47. The summed E-state index contributed by atoms with van der Waals surface area (Å²) in [5.41, 5.74) is 0.708. The van der Waals surface area contributed by atoms with Gasteiger partial charge in [-0.1, -0.05) is 18.2 Å². The highest BCUT2D eigenvalue weighted by atomic mass is 16.5. The van der Waals surface area contributed by atoms with E-state index in [0.717, 1.165) is 0 Å². The molecule has 0 aromatic heterocycles. The molecule has 84 valence electrons. The molecule has 16 heavy (non-hydrogen) atoms. The molecule has 1 heterocycles. The minimum atomic E-state index is -0.213. The van der Waals surface area contributed by atoms with E-state index in [1.54, 1.807) is 6.08 Å². The average Bonchev–Trinajstić information content (AvgIpc) is 2.36. The summed E-state index contributed by atoms with van der Waals surface area (Å²) in [6.07, 6.45) is 7.06. The van der Waals surface area contributed by atoms with E-state index in [9.17, 15) is 9.59 Å². The third-order valence-corrected chi connectivity index (χ3v) is 3.85. The van der Waals surface area contributed by atoms with E-state index >= 15 is 0 Å². The molecule has 2 fully saturated rings. The molecule has 1 saturated heterocycles. The minimum Gasteiger partial charge on any atom is -0.381 e. The number of hydrogen-bond donors (Lipinski definition) is 0. The van der Waals surface area contributed by atoms with Crippen molar-refractivity contribution in [1.82, 2.24) is 0 Å². The molecule has 3 aliphatic rings. The normalized spacial score (nSPS) is 37.8. The Morgan fingerprint density at radius 2 is 2.12 bits per heavy atom. The van der Waals surface area contributed by atoms with Crippen molar-refractivity contribution >= 4 is 11.6 Å². The quantitative estimate of drug-likeness (QED) is 0.615. The van der Waals surface area contributed by atoms with Crippen LogP contribution in [-0.2, 0) is 14.3 Å². The Morgan fingerprint density at radius 3 is 3.00 bits per heavy atom. The van der Waals surface area contributed by atoms with Crippen LogP contribution in [0.4, 0.5) is 0 Å². The summed E-state index contributed by atoms with van der Waals surface area (Å²) in [7, 11) is 0.